The minimum Gasteiger partial charge on any atom is -0.0654 e. The van der Waals surface area contributed by atoms with E-state index >= 15 is 0 Å². The smallest absolute Gasteiger partial charge is 0.0386 e. The van der Waals surface area contributed by atoms with Crippen LogP contribution in [0.3, 0.4) is 0 Å². The average Bonchev–Trinajstić information content (AvgIpc) is 1.83. The zero-order valence-electron chi connectivity index (χ0n) is 6.28. The summed E-state index contributed by atoms with van der Waals surface area (Å²) in [6.07, 6.45) is 6.31. The summed E-state index contributed by atoms with van der Waals surface area (Å²) in [7, 11) is 0. The van der Waals surface area contributed by atoms with Gasteiger partial charge in [0.1, 0.15) is 0 Å². The summed E-state index contributed by atoms with van der Waals surface area (Å²) in [5.41, 5.74) is 0. The highest BCUT2D eigenvalue weighted by molar-refractivity contribution is 4.68. The molecule has 0 amide bonds. The SMILES string of the molecule is C[CH][C@H](CC)CCC. The van der Waals surface area contributed by atoms with Crippen molar-refractivity contribution in [2.75, 3.05) is 0 Å². The fourth-order valence-electron chi connectivity index (χ4n) is 0.977. The number of rotatable bonds is 4. The van der Waals surface area contributed by atoms with Crippen LogP contribution in [0.25, 0.3) is 0 Å². The van der Waals surface area contributed by atoms with Gasteiger partial charge in [0.25, 0.3) is 0 Å². The number of hydrogen-bond donors (Lipinski definition) is 0. The summed E-state index contributed by atoms with van der Waals surface area (Å²) in [5.74, 6) is 0.875. The molecule has 0 rings (SSSR count). The lowest BCUT2D eigenvalue weighted by atomic mass is 9.98. The molecule has 0 aromatic carbocycles. The van der Waals surface area contributed by atoms with E-state index < -0.39 is 0 Å². The monoisotopic (exact) mass is 113 g/mol. The molecule has 0 aliphatic rings. The molecule has 0 N–H and O–H groups in total. The Hall–Kier alpha value is 0. The summed E-state index contributed by atoms with van der Waals surface area (Å²) >= 11 is 0. The summed E-state index contributed by atoms with van der Waals surface area (Å²) in [4.78, 5) is 0. The van der Waals surface area contributed by atoms with Crippen molar-refractivity contribution >= 4 is 0 Å². The first-order chi connectivity index (χ1) is 3.85. The molecule has 0 heterocycles. The molecule has 0 aliphatic heterocycles. The molecule has 1 atom stereocenters. The van der Waals surface area contributed by atoms with Crippen molar-refractivity contribution in [1.82, 2.24) is 0 Å². The molecule has 8 heavy (non-hydrogen) atoms. The van der Waals surface area contributed by atoms with Crippen LogP contribution < -0.4 is 0 Å². The van der Waals surface area contributed by atoms with Gasteiger partial charge in [-0.05, 0) is 12.3 Å². The molecule has 0 spiro atoms. The third-order valence-electron chi connectivity index (χ3n) is 1.66. The first kappa shape index (κ1) is 8.00. The molecule has 0 saturated carbocycles. The van der Waals surface area contributed by atoms with Crippen LogP contribution in [0.5, 0.6) is 0 Å². The van der Waals surface area contributed by atoms with Crippen LogP contribution in [-0.2, 0) is 0 Å². The van der Waals surface area contributed by atoms with Gasteiger partial charge in [0, 0.05) is 0 Å². The van der Waals surface area contributed by atoms with E-state index in [2.05, 4.69) is 27.2 Å². The molecule has 0 unspecified atom stereocenters. The topological polar surface area (TPSA) is 0 Å². The third kappa shape index (κ3) is 3.06. The first-order valence-electron chi connectivity index (χ1n) is 3.64. The van der Waals surface area contributed by atoms with Crippen molar-refractivity contribution < 1.29 is 0 Å². The van der Waals surface area contributed by atoms with E-state index in [-0.39, 0.29) is 0 Å². The minimum absolute atomic E-state index is 0.875. The normalized spacial score (nSPS) is 10.5. The van der Waals surface area contributed by atoms with Gasteiger partial charge in [-0.25, -0.2) is 0 Å². The van der Waals surface area contributed by atoms with E-state index in [1.54, 1.807) is 0 Å². The third-order valence-corrected chi connectivity index (χ3v) is 1.66. The molecular formula is C8H17. The second kappa shape index (κ2) is 5.14. The molecule has 0 aromatic heterocycles. The molecule has 0 heteroatoms. The van der Waals surface area contributed by atoms with Gasteiger partial charge in [0.05, 0.1) is 0 Å². The minimum atomic E-state index is 0.875. The Bertz CT molecular complexity index is 35.3. The largest absolute Gasteiger partial charge is 0.0654 e. The van der Waals surface area contributed by atoms with E-state index in [1.807, 2.05) is 0 Å². The highest BCUT2D eigenvalue weighted by Crippen LogP contribution is 2.12. The predicted molar refractivity (Wildman–Crippen MR) is 38.7 cm³/mol. The van der Waals surface area contributed by atoms with Crippen LogP contribution in [0, 0.1) is 12.3 Å². The molecule has 0 aromatic rings. The van der Waals surface area contributed by atoms with Gasteiger partial charge in [-0.3, -0.25) is 0 Å². The quantitative estimate of drug-likeness (QED) is 0.525. The maximum Gasteiger partial charge on any atom is -0.0386 e. The average molecular weight is 113 g/mol. The zero-order chi connectivity index (χ0) is 6.41. The second-order valence-corrected chi connectivity index (χ2v) is 2.29. The Kier molecular flexibility index (Phi) is 5.14. The fourth-order valence-corrected chi connectivity index (χ4v) is 0.977. The molecule has 0 aliphatic carbocycles. The second-order valence-electron chi connectivity index (χ2n) is 2.29. The van der Waals surface area contributed by atoms with Crippen LogP contribution in [0.1, 0.15) is 40.0 Å². The van der Waals surface area contributed by atoms with Crippen LogP contribution in [0.4, 0.5) is 0 Å². The van der Waals surface area contributed by atoms with Crippen molar-refractivity contribution in [3.05, 3.63) is 6.42 Å². The van der Waals surface area contributed by atoms with E-state index in [4.69, 9.17) is 0 Å². The van der Waals surface area contributed by atoms with Crippen molar-refractivity contribution in [2.45, 2.75) is 40.0 Å². The van der Waals surface area contributed by atoms with Gasteiger partial charge >= 0.3 is 0 Å². The summed E-state index contributed by atoms with van der Waals surface area (Å²) in [6, 6.07) is 0. The van der Waals surface area contributed by atoms with Gasteiger partial charge in [-0.2, -0.15) is 0 Å². The predicted octanol–water partition coefficient (Wildman–Crippen LogP) is 3.04. The Balaban J connectivity index is 3.07. The van der Waals surface area contributed by atoms with E-state index in [9.17, 15) is 0 Å². The van der Waals surface area contributed by atoms with Gasteiger partial charge in [0.15, 0.2) is 0 Å². The molecule has 49 valence electrons. The Labute approximate surface area is 53.3 Å². The highest BCUT2D eigenvalue weighted by Gasteiger charge is 1.99. The molecule has 0 fully saturated rings. The van der Waals surface area contributed by atoms with E-state index in [0.717, 1.165) is 5.92 Å². The molecule has 1 radical (unpaired) electrons. The Morgan fingerprint density at radius 3 is 2.12 bits per heavy atom. The van der Waals surface area contributed by atoms with E-state index in [0.29, 0.717) is 0 Å². The van der Waals surface area contributed by atoms with Crippen molar-refractivity contribution in [1.29, 1.82) is 0 Å². The van der Waals surface area contributed by atoms with Crippen molar-refractivity contribution in [3.8, 4) is 0 Å². The van der Waals surface area contributed by atoms with Crippen molar-refractivity contribution in [3.63, 3.8) is 0 Å². The van der Waals surface area contributed by atoms with Crippen LogP contribution in [-0.4, -0.2) is 0 Å². The maximum atomic E-state index is 2.31. The first-order valence-corrected chi connectivity index (χ1v) is 3.64. The summed E-state index contributed by atoms with van der Waals surface area (Å²) in [5, 5.41) is 0. The van der Waals surface area contributed by atoms with Crippen LogP contribution >= 0.6 is 0 Å². The maximum absolute atomic E-state index is 2.31. The lowest BCUT2D eigenvalue weighted by Gasteiger charge is -2.07. The Morgan fingerprint density at radius 2 is 2.00 bits per heavy atom. The van der Waals surface area contributed by atoms with Crippen LogP contribution in [0.2, 0.25) is 0 Å². The van der Waals surface area contributed by atoms with Gasteiger partial charge in [-0.1, -0.05) is 40.0 Å². The fraction of sp³-hybridized carbons (Fsp3) is 0.875. The van der Waals surface area contributed by atoms with Gasteiger partial charge < -0.3 is 0 Å². The van der Waals surface area contributed by atoms with Crippen molar-refractivity contribution in [2.24, 2.45) is 5.92 Å². The molecule has 0 bridgehead atoms. The molecule has 0 saturated heterocycles. The zero-order valence-corrected chi connectivity index (χ0v) is 6.28. The lowest BCUT2D eigenvalue weighted by molar-refractivity contribution is 0.529. The molecule has 0 nitrogen and oxygen atoms in total. The summed E-state index contributed by atoms with van der Waals surface area (Å²) in [6.45, 7) is 6.65. The number of hydrogen-bond acceptors (Lipinski definition) is 0. The standard InChI is InChI=1S/C8H17/c1-4-7-8(5-2)6-3/h5,8H,4,6-7H2,1-3H3/t8-/m1/s1. The van der Waals surface area contributed by atoms with Crippen LogP contribution in [0.15, 0.2) is 0 Å². The molecular weight excluding hydrogens is 96.1 g/mol. The Morgan fingerprint density at radius 1 is 1.38 bits per heavy atom. The van der Waals surface area contributed by atoms with Gasteiger partial charge in [0.2, 0.25) is 0 Å². The lowest BCUT2D eigenvalue weighted by Crippen LogP contribution is -1.95. The van der Waals surface area contributed by atoms with E-state index in [1.165, 1.54) is 19.3 Å². The van der Waals surface area contributed by atoms with Gasteiger partial charge in [-0.15, -0.1) is 0 Å². The highest BCUT2D eigenvalue weighted by atomic mass is 14.0. The summed E-state index contributed by atoms with van der Waals surface area (Å²) < 4.78 is 0.